The Labute approximate surface area is 224 Å². The summed E-state index contributed by atoms with van der Waals surface area (Å²) in [6.45, 7) is 0.193. The molecule has 2 aromatic rings. The van der Waals surface area contributed by atoms with Crippen molar-refractivity contribution in [3.05, 3.63) is 76.5 Å². The number of rotatable bonds is 6. The smallest absolute Gasteiger partial charge is 0.344 e. The van der Waals surface area contributed by atoms with Crippen molar-refractivity contribution in [2.75, 3.05) is 25.0 Å². The second kappa shape index (κ2) is 10.2. The molecule has 1 unspecified atom stereocenters. The zero-order valence-corrected chi connectivity index (χ0v) is 21.4. The van der Waals surface area contributed by atoms with Crippen molar-refractivity contribution in [2.45, 2.75) is 44.3 Å². The molecule has 7 nitrogen and oxygen atoms in total. The van der Waals surface area contributed by atoms with Gasteiger partial charge in [0.1, 0.15) is 6.54 Å². The predicted molar refractivity (Wildman–Crippen MR) is 136 cm³/mol. The molecule has 1 fully saturated rings. The Kier molecular flexibility index (Phi) is 6.93. The number of likely N-dealkylation sites (N-methyl/N-ethyl adjacent to an activating group) is 1. The summed E-state index contributed by atoms with van der Waals surface area (Å²) < 4.78 is 40.7. The van der Waals surface area contributed by atoms with Crippen LogP contribution in [0.15, 0.2) is 59.8 Å². The highest BCUT2D eigenvalue weighted by atomic mass is 19.4. The number of allylic oxidation sites excluding steroid dienone is 1. The maximum atomic E-state index is 14.2. The van der Waals surface area contributed by atoms with E-state index < -0.39 is 23.8 Å². The number of nitriles is 1. The van der Waals surface area contributed by atoms with E-state index in [0.29, 0.717) is 47.7 Å². The number of benzene rings is 2. The number of anilines is 1. The molecule has 0 spiro atoms. The van der Waals surface area contributed by atoms with Gasteiger partial charge in [-0.1, -0.05) is 18.2 Å². The van der Waals surface area contributed by atoms with Gasteiger partial charge in [0, 0.05) is 31.3 Å². The lowest BCUT2D eigenvalue weighted by molar-refractivity contribution is -0.137. The van der Waals surface area contributed by atoms with E-state index >= 15 is 0 Å². The first-order chi connectivity index (χ1) is 18.6. The van der Waals surface area contributed by atoms with Crippen molar-refractivity contribution in [3.63, 3.8) is 0 Å². The number of halogens is 3. The van der Waals surface area contributed by atoms with E-state index in [9.17, 15) is 32.8 Å². The molecule has 3 aliphatic rings. The maximum Gasteiger partial charge on any atom is 0.416 e. The standard InChI is InChI=1S/C29H27F3N4O3/c1-34(16-19-8-9-19)25(38)17-35-27(20-12-10-18(15-33)11-13-20)26-23(6-3-7-24(26)37)36(28(35)39)22-5-2-4-21(14-22)29(30,31)32/h2,4-5,10-14,19,27H,3,6-9,16-17H2,1H3. The highest BCUT2D eigenvalue weighted by molar-refractivity contribution is 6.07. The van der Waals surface area contributed by atoms with Gasteiger partial charge >= 0.3 is 12.2 Å². The number of nitrogens with zero attached hydrogens (tertiary/aromatic N) is 4. The van der Waals surface area contributed by atoms with Crippen LogP contribution in [0.1, 0.15) is 54.8 Å². The summed E-state index contributed by atoms with van der Waals surface area (Å²) in [5.74, 6) is -0.134. The van der Waals surface area contributed by atoms with Crippen LogP contribution in [0.25, 0.3) is 0 Å². The summed E-state index contributed by atoms with van der Waals surface area (Å²) in [4.78, 5) is 44.8. The number of hydrogen-bond acceptors (Lipinski definition) is 4. The summed E-state index contributed by atoms with van der Waals surface area (Å²) >= 11 is 0. The fraction of sp³-hybridized carbons (Fsp3) is 0.379. The zero-order valence-electron chi connectivity index (χ0n) is 21.4. The van der Waals surface area contributed by atoms with E-state index in [1.54, 1.807) is 36.2 Å². The molecule has 3 amide bonds. The van der Waals surface area contributed by atoms with Crippen LogP contribution in [0, 0.1) is 17.2 Å². The Hall–Kier alpha value is -4.13. The molecule has 1 aliphatic heterocycles. The van der Waals surface area contributed by atoms with Gasteiger partial charge in [0.2, 0.25) is 5.91 Å². The fourth-order valence-electron chi connectivity index (χ4n) is 5.29. The molecule has 1 atom stereocenters. The first kappa shape index (κ1) is 26.5. The van der Waals surface area contributed by atoms with Gasteiger partial charge in [0.15, 0.2) is 5.78 Å². The van der Waals surface area contributed by atoms with Crippen molar-refractivity contribution in [3.8, 4) is 6.07 Å². The quantitative estimate of drug-likeness (QED) is 0.493. The normalized spacial score (nSPS) is 19.6. The molecular formula is C29H27F3N4O3. The number of alkyl halides is 3. The van der Waals surface area contributed by atoms with E-state index in [0.717, 1.165) is 29.9 Å². The van der Waals surface area contributed by atoms with E-state index in [1.807, 2.05) is 6.07 Å². The Balaban J connectivity index is 1.64. The monoisotopic (exact) mass is 536 g/mol. The molecule has 0 N–H and O–H groups in total. The average Bonchev–Trinajstić information content (AvgIpc) is 3.73. The Bertz CT molecular complexity index is 1390. The number of carbonyl (C=O) groups excluding carboxylic acids is 3. The number of ketones is 1. The van der Waals surface area contributed by atoms with Crippen molar-refractivity contribution in [2.24, 2.45) is 5.92 Å². The third-order valence-corrected chi connectivity index (χ3v) is 7.47. The van der Waals surface area contributed by atoms with Crippen molar-refractivity contribution >= 4 is 23.4 Å². The fourth-order valence-corrected chi connectivity index (χ4v) is 5.29. The minimum absolute atomic E-state index is 0.0147. The predicted octanol–water partition coefficient (Wildman–Crippen LogP) is 5.44. The molecule has 1 saturated carbocycles. The van der Waals surface area contributed by atoms with Crippen LogP contribution < -0.4 is 4.90 Å². The van der Waals surface area contributed by atoms with E-state index in [2.05, 4.69) is 0 Å². The molecule has 2 aliphatic carbocycles. The molecule has 1 heterocycles. The van der Waals surface area contributed by atoms with Crippen LogP contribution in [0.2, 0.25) is 0 Å². The van der Waals surface area contributed by atoms with E-state index in [-0.39, 0.29) is 30.3 Å². The second-order valence-corrected chi connectivity index (χ2v) is 10.3. The summed E-state index contributed by atoms with van der Waals surface area (Å²) in [6, 6.07) is 11.3. The number of Topliss-reactive ketones (excluding diaryl/α,β-unsaturated/α-hetero) is 1. The van der Waals surface area contributed by atoms with Crippen LogP contribution in [0.4, 0.5) is 23.7 Å². The van der Waals surface area contributed by atoms with Gasteiger partial charge < -0.3 is 9.80 Å². The lowest BCUT2D eigenvalue weighted by atomic mass is 9.83. The van der Waals surface area contributed by atoms with Crippen LogP contribution >= 0.6 is 0 Å². The van der Waals surface area contributed by atoms with Crippen LogP contribution in [0.5, 0.6) is 0 Å². The largest absolute Gasteiger partial charge is 0.416 e. The number of hydrogen-bond donors (Lipinski definition) is 0. The Morgan fingerprint density at radius 3 is 2.46 bits per heavy atom. The Morgan fingerprint density at radius 2 is 1.82 bits per heavy atom. The van der Waals surface area contributed by atoms with Gasteiger partial charge in [0.25, 0.3) is 0 Å². The second-order valence-electron chi connectivity index (χ2n) is 10.3. The number of urea groups is 1. The zero-order chi connectivity index (χ0) is 27.9. The minimum atomic E-state index is -4.62. The van der Waals surface area contributed by atoms with Crippen LogP contribution in [-0.4, -0.2) is 47.7 Å². The SMILES string of the molecule is CN(CC1CC1)C(=O)CN1C(=O)N(c2cccc(C(F)(F)F)c2)C2=C(C(=O)CCC2)C1c1ccc(C#N)cc1. The summed E-state index contributed by atoms with van der Waals surface area (Å²) in [5, 5.41) is 9.24. The summed E-state index contributed by atoms with van der Waals surface area (Å²) in [6.07, 6.45) is -1.58. The third-order valence-electron chi connectivity index (χ3n) is 7.47. The van der Waals surface area contributed by atoms with Crippen LogP contribution in [0.3, 0.4) is 0 Å². The number of carbonyl (C=O) groups is 3. The van der Waals surface area contributed by atoms with E-state index in [1.165, 1.54) is 17.0 Å². The topological polar surface area (TPSA) is 84.7 Å². The van der Waals surface area contributed by atoms with Gasteiger partial charge in [-0.25, -0.2) is 4.79 Å². The third kappa shape index (κ3) is 5.26. The van der Waals surface area contributed by atoms with Gasteiger partial charge in [-0.15, -0.1) is 0 Å². The van der Waals surface area contributed by atoms with Crippen molar-refractivity contribution < 1.29 is 27.6 Å². The minimum Gasteiger partial charge on any atom is -0.344 e. The van der Waals surface area contributed by atoms with Crippen molar-refractivity contribution in [1.82, 2.24) is 9.80 Å². The van der Waals surface area contributed by atoms with Gasteiger partial charge in [0.05, 0.1) is 28.9 Å². The van der Waals surface area contributed by atoms with Crippen molar-refractivity contribution in [1.29, 1.82) is 5.26 Å². The maximum absolute atomic E-state index is 14.2. The van der Waals surface area contributed by atoms with Crippen LogP contribution in [-0.2, 0) is 15.8 Å². The molecular weight excluding hydrogens is 509 g/mol. The summed E-state index contributed by atoms with van der Waals surface area (Å²) in [7, 11) is 1.66. The molecule has 0 saturated heterocycles. The van der Waals surface area contributed by atoms with Gasteiger partial charge in [-0.05, 0) is 67.5 Å². The Morgan fingerprint density at radius 1 is 1.10 bits per heavy atom. The van der Waals surface area contributed by atoms with Gasteiger partial charge in [-0.3, -0.25) is 14.5 Å². The molecule has 0 aromatic heterocycles. The highest BCUT2D eigenvalue weighted by Crippen LogP contribution is 2.44. The molecule has 10 heteroatoms. The molecule has 39 heavy (non-hydrogen) atoms. The molecule has 5 rings (SSSR count). The lowest BCUT2D eigenvalue weighted by Crippen LogP contribution is -2.54. The van der Waals surface area contributed by atoms with Gasteiger partial charge in [-0.2, -0.15) is 18.4 Å². The first-order valence-corrected chi connectivity index (χ1v) is 12.9. The molecule has 2 aromatic carbocycles. The van der Waals surface area contributed by atoms with E-state index in [4.69, 9.17) is 0 Å². The lowest BCUT2D eigenvalue weighted by Gasteiger charge is -2.45. The highest BCUT2D eigenvalue weighted by Gasteiger charge is 2.46. The average molecular weight is 537 g/mol. The molecule has 0 radical (unpaired) electrons. The number of amides is 3. The summed E-state index contributed by atoms with van der Waals surface area (Å²) in [5.41, 5.74) is 0.645. The molecule has 202 valence electrons. The molecule has 0 bridgehead atoms. The first-order valence-electron chi connectivity index (χ1n) is 12.9.